The van der Waals surface area contributed by atoms with Gasteiger partial charge in [0.05, 0.1) is 22.5 Å². The number of carbonyl (C=O) groups is 1. The molecule has 0 unspecified atom stereocenters. The van der Waals surface area contributed by atoms with Crippen molar-refractivity contribution in [2.24, 2.45) is 0 Å². The van der Waals surface area contributed by atoms with Gasteiger partial charge in [-0.05, 0) is 63.4 Å². The maximum atomic E-state index is 12.4. The summed E-state index contributed by atoms with van der Waals surface area (Å²) in [6, 6.07) is 14.4. The summed E-state index contributed by atoms with van der Waals surface area (Å²) in [5.74, 6) is 2.10. The number of para-hydroxylation sites is 2. The largest absolute Gasteiger partial charge is 0.355 e. The second-order valence-electron chi connectivity index (χ2n) is 7.95. The molecule has 32 heavy (non-hydrogen) atoms. The highest BCUT2D eigenvalue weighted by molar-refractivity contribution is 7.99. The smallest absolute Gasteiger partial charge is 0.230 e. The normalized spacial score (nSPS) is 11.2. The Morgan fingerprint density at radius 3 is 2.69 bits per heavy atom. The molecule has 2 heterocycles. The minimum Gasteiger partial charge on any atom is -0.355 e. The van der Waals surface area contributed by atoms with E-state index in [4.69, 9.17) is 0 Å². The summed E-state index contributed by atoms with van der Waals surface area (Å²) in [6.45, 7) is 9.52. The van der Waals surface area contributed by atoms with Gasteiger partial charge >= 0.3 is 0 Å². The number of aryl methyl sites for hydroxylation is 5. The monoisotopic (exact) mass is 448 g/mol. The summed E-state index contributed by atoms with van der Waals surface area (Å²) >= 11 is 1.41. The summed E-state index contributed by atoms with van der Waals surface area (Å²) in [5.41, 5.74) is 5.51. The zero-order valence-corrected chi connectivity index (χ0v) is 19.7. The Balaban J connectivity index is 1.31. The average molecular weight is 449 g/mol. The van der Waals surface area contributed by atoms with Crippen molar-refractivity contribution in [2.75, 3.05) is 12.3 Å². The molecule has 8 heteroatoms. The number of carbonyl (C=O) groups excluding carboxylic acids is 1. The van der Waals surface area contributed by atoms with E-state index >= 15 is 0 Å². The number of amides is 1. The molecular formula is C24H28N6OS. The van der Waals surface area contributed by atoms with E-state index in [0.29, 0.717) is 12.3 Å². The molecule has 2 aromatic heterocycles. The highest BCUT2D eigenvalue weighted by Gasteiger charge is 2.15. The number of nitrogens with zero attached hydrogens (tertiary/aromatic N) is 5. The number of hydrogen-bond donors (Lipinski definition) is 1. The van der Waals surface area contributed by atoms with Crippen molar-refractivity contribution >= 4 is 28.7 Å². The SMILES string of the molecule is Cc1ccc(C)c(-n2c(C)nnc2SCC(=O)NCCCn2c(C)nc3ccccc32)c1. The average Bonchev–Trinajstić information content (AvgIpc) is 3.30. The molecule has 166 valence electrons. The van der Waals surface area contributed by atoms with Crippen LogP contribution in [-0.2, 0) is 11.3 Å². The van der Waals surface area contributed by atoms with Crippen molar-refractivity contribution in [3.05, 3.63) is 65.2 Å². The minimum absolute atomic E-state index is 0.00428. The standard InChI is InChI=1S/C24H28N6OS/c1-16-10-11-17(2)22(14-16)30-19(4)27-28-24(30)32-15-23(31)25-12-7-13-29-18(3)26-20-8-5-6-9-21(20)29/h5-6,8-11,14H,7,12-13,15H2,1-4H3,(H,25,31). The number of nitrogens with one attached hydrogen (secondary N) is 1. The second kappa shape index (κ2) is 9.56. The van der Waals surface area contributed by atoms with E-state index in [9.17, 15) is 4.79 Å². The van der Waals surface area contributed by atoms with Crippen LogP contribution in [0.2, 0.25) is 0 Å². The van der Waals surface area contributed by atoms with Crippen LogP contribution in [0.4, 0.5) is 0 Å². The quantitative estimate of drug-likeness (QED) is 0.324. The molecule has 1 N–H and O–H groups in total. The molecule has 0 aliphatic carbocycles. The van der Waals surface area contributed by atoms with E-state index in [1.165, 1.54) is 17.3 Å². The van der Waals surface area contributed by atoms with Crippen molar-refractivity contribution < 1.29 is 4.79 Å². The molecule has 0 aliphatic rings. The molecule has 7 nitrogen and oxygen atoms in total. The van der Waals surface area contributed by atoms with E-state index in [-0.39, 0.29) is 5.91 Å². The number of imidazole rings is 1. The molecule has 0 radical (unpaired) electrons. The van der Waals surface area contributed by atoms with Crippen molar-refractivity contribution in [2.45, 2.75) is 45.8 Å². The Kier molecular flexibility index (Phi) is 6.60. The molecule has 4 rings (SSSR count). The molecule has 0 fully saturated rings. The highest BCUT2D eigenvalue weighted by atomic mass is 32.2. The van der Waals surface area contributed by atoms with Gasteiger partial charge in [-0.2, -0.15) is 0 Å². The first-order valence-electron chi connectivity index (χ1n) is 10.7. The zero-order valence-electron chi connectivity index (χ0n) is 18.9. The van der Waals surface area contributed by atoms with Gasteiger partial charge in [0, 0.05) is 13.1 Å². The van der Waals surface area contributed by atoms with Crippen LogP contribution in [0, 0.1) is 27.7 Å². The van der Waals surface area contributed by atoms with Crippen LogP contribution in [0.5, 0.6) is 0 Å². The Labute approximate surface area is 192 Å². The Bertz CT molecular complexity index is 1260. The molecule has 0 atom stereocenters. The van der Waals surface area contributed by atoms with Gasteiger partial charge in [0.25, 0.3) is 0 Å². The topological polar surface area (TPSA) is 77.6 Å². The Morgan fingerprint density at radius 1 is 1.03 bits per heavy atom. The first-order chi connectivity index (χ1) is 15.4. The van der Waals surface area contributed by atoms with Crippen LogP contribution in [0.1, 0.15) is 29.2 Å². The Morgan fingerprint density at radius 2 is 1.84 bits per heavy atom. The number of aromatic nitrogens is 5. The molecule has 0 spiro atoms. The lowest BCUT2D eigenvalue weighted by molar-refractivity contribution is -0.118. The van der Waals surface area contributed by atoms with E-state index in [0.717, 1.165) is 52.1 Å². The molecule has 0 saturated heterocycles. The van der Waals surface area contributed by atoms with Crippen molar-refractivity contribution in [3.63, 3.8) is 0 Å². The molecule has 1 amide bonds. The summed E-state index contributed by atoms with van der Waals surface area (Å²) in [6.07, 6.45) is 0.843. The van der Waals surface area contributed by atoms with Crippen molar-refractivity contribution in [1.82, 2.24) is 29.6 Å². The maximum Gasteiger partial charge on any atom is 0.230 e. The van der Waals surface area contributed by atoms with Crippen LogP contribution in [0.3, 0.4) is 0 Å². The van der Waals surface area contributed by atoms with Crippen molar-refractivity contribution in [3.8, 4) is 5.69 Å². The van der Waals surface area contributed by atoms with Gasteiger partial charge in [0.1, 0.15) is 11.6 Å². The molecular weight excluding hydrogens is 420 g/mol. The van der Waals surface area contributed by atoms with Crippen LogP contribution in [0.25, 0.3) is 16.7 Å². The van der Waals surface area contributed by atoms with E-state index in [2.05, 4.69) is 63.2 Å². The third kappa shape index (κ3) is 4.70. The lowest BCUT2D eigenvalue weighted by Gasteiger charge is -2.12. The van der Waals surface area contributed by atoms with Crippen LogP contribution < -0.4 is 5.32 Å². The minimum atomic E-state index is -0.00428. The highest BCUT2D eigenvalue weighted by Crippen LogP contribution is 2.24. The third-order valence-corrected chi connectivity index (χ3v) is 6.39. The molecule has 0 aliphatic heterocycles. The van der Waals surface area contributed by atoms with Gasteiger partial charge in [-0.1, -0.05) is 36.0 Å². The zero-order chi connectivity index (χ0) is 22.7. The first-order valence-corrected chi connectivity index (χ1v) is 11.7. The number of rotatable bonds is 8. The van der Waals surface area contributed by atoms with Gasteiger partial charge in [-0.15, -0.1) is 10.2 Å². The lowest BCUT2D eigenvalue weighted by atomic mass is 10.1. The number of fused-ring (bicyclic) bond motifs is 1. The van der Waals surface area contributed by atoms with Crippen LogP contribution >= 0.6 is 11.8 Å². The van der Waals surface area contributed by atoms with Crippen molar-refractivity contribution in [1.29, 1.82) is 0 Å². The molecule has 0 bridgehead atoms. The molecule has 2 aromatic carbocycles. The van der Waals surface area contributed by atoms with Gasteiger partial charge in [-0.3, -0.25) is 9.36 Å². The number of thioether (sulfide) groups is 1. The van der Waals surface area contributed by atoms with Gasteiger partial charge in [0.15, 0.2) is 5.16 Å². The van der Waals surface area contributed by atoms with Gasteiger partial charge < -0.3 is 9.88 Å². The van der Waals surface area contributed by atoms with E-state index in [1.54, 1.807) is 0 Å². The second-order valence-corrected chi connectivity index (χ2v) is 8.89. The fourth-order valence-electron chi connectivity index (χ4n) is 3.80. The fraction of sp³-hybridized carbons (Fsp3) is 0.333. The predicted octanol–water partition coefficient (Wildman–Crippen LogP) is 4.15. The third-order valence-electron chi connectivity index (χ3n) is 5.46. The summed E-state index contributed by atoms with van der Waals surface area (Å²) < 4.78 is 4.22. The van der Waals surface area contributed by atoms with Crippen LogP contribution in [0.15, 0.2) is 47.6 Å². The fourth-order valence-corrected chi connectivity index (χ4v) is 4.62. The molecule has 0 saturated carbocycles. The summed E-state index contributed by atoms with van der Waals surface area (Å²) in [5, 5.41) is 12.3. The van der Waals surface area contributed by atoms with Gasteiger partial charge in [-0.25, -0.2) is 4.98 Å². The summed E-state index contributed by atoms with van der Waals surface area (Å²) in [7, 11) is 0. The first kappa shape index (κ1) is 22.1. The molecule has 4 aromatic rings. The summed E-state index contributed by atoms with van der Waals surface area (Å²) in [4.78, 5) is 17.0. The maximum absolute atomic E-state index is 12.4. The number of benzene rings is 2. The van der Waals surface area contributed by atoms with Crippen LogP contribution in [-0.4, -0.2) is 42.5 Å². The number of hydrogen-bond acceptors (Lipinski definition) is 5. The van der Waals surface area contributed by atoms with E-state index in [1.807, 2.05) is 36.6 Å². The lowest BCUT2D eigenvalue weighted by Crippen LogP contribution is -2.27. The Hall–Kier alpha value is -3.13. The predicted molar refractivity (Wildman–Crippen MR) is 128 cm³/mol. The van der Waals surface area contributed by atoms with E-state index < -0.39 is 0 Å². The van der Waals surface area contributed by atoms with Gasteiger partial charge in [0.2, 0.25) is 5.91 Å².